The minimum absolute atomic E-state index is 0.0204. The van der Waals surface area contributed by atoms with Crippen molar-refractivity contribution in [3.63, 3.8) is 0 Å². The molecule has 0 aliphatic carbocycles. The van der Waals surface area contributed by atoms with Crippen molar-refractivity contribution in [1.29, 1.82) is 0 Å². The molecule has 0 amide bonds. The van der Waals surface area contributed by atoms with Gasteiger partial charge >= 0.3 is 0 Å². The minimum Gasteiger partial charge on any atom is -0.495 e. The van der Waals surface area contributed by atoms with Crippen LogP contribution in [0.25, 0.3) is 0 Å². The van der Waals surface area contributed by atoms with Gasteiger partial charge in [0.1, 0.15) is 16.5 Å². The van der Waals surface area contributed by atoms with Gasteiger partial charge in [0.2, 0.25) is 0 Å². The molecule has 2 rings (SSSR count). The van der Waals surface area contributed by atoms with Gasteiger partial charge in [-0.3, -0.25) is 0 Å². The number of hydrogen-bond acceptors (Lipinski definition) is 2. The summed E-state index contributed by atoms with van der Waals surface area (Å²) in [5, 5.41) is 0.489. The second-order valence-electron chi connectivity index (χ2n) is 3.98. The summed E-state index contributed by atoms with van der Waals surface area (Å²) in [7, 11) is 3.19. The first-order valence-corrected chi connectivity index (χ1v) is 7.07. The van der Waals surface area contributed by atoms with E-state index >= 15 is 0 Å². The molecule has 1 unspecified atom stereocenters. The van der Waals surface area contributed by atoms with E-state index in [0.717, 1.165) is 11.1 Å². The number of rotatable bonds is 4. The summed E-state index contributed by atoms with van der Waals surface area (Å²) in [6, 6.07) is 13.9. The van der Waals surface area contributed by atoms with Crippen molar-refractivity contribution < 1.29 is 9.47 Å². The Morgan fingerprint density at radius 2 is 1.68 bits per heavy atom. The van der Waals surface area contributed by atoms with Crippen LogP contribution >= 0.6 is 27.5 Å². The Morgan fingerprint density at radius 3 is 2.26 bits per heavy atom. The van der Waals surface area contributed by atoms with E-state index in [1.54, 1.807) is 14.2 Å². The molecule has 0 saturated heterocycles. The molecule has 0 heterocycles. The van der Waals surface area contributed by atoms with E-state index in [9.17, 15) is 0 Å². The number of methoxy groups -OCH3 is 2. The molecule has 0 N–H and O–H groups in total. The van der Waals surface area contributed by atoms with Crippen LogP contribution in [0.15, 0.2) is 42.5 Å². The maximum Gasteiger partial charge on any atom is 0.145 e. The van der Waals surface area contributed by atoms with Crippen LogP contribution in [0.3, 0.4) is 0 Å². The Labute approximate surface area is 126 Å². The second kappa shape index (κ2) is 6.31. The third-order valence-electron chi connectivity index (χ3n) is 2.88. The van der Waals surface area contributed by atoms with Gasteiger partial charge in [-0.15, -0.1) is 0 Å². The van der Waals surface area contributed by atoms with Gasteiger partial charge < -0.3 is 9.47 Å². The Morgan fingerprint density at radius 1 is 1.00 bits per heavy atom. The first-order valence-electron chi connectivity index (χ1n) is 5.78. The van der Waals surface area contributed by atoms with E-state index in [2.05, 4.69) is 28.1 Å². The van der Waals surface area contributed by atoms with E-state index in [1.807, 2.05) is 30.3 Å². The summed E-state index contributed by atoms with van der Waals surface area (Å²) in [6.07, 6.45) is 0. The van der Waals surface area contributed by atoms with Gasteiger partial charge in [-0.1, -0.05) is 63.9 Å². The van der Waals surface area contributed by atoms with E-state index < -0.39 is 0 Å². The highest BCUT2D eigenvalue weighted by atomic mass is 79.9. The van der Waals surface area contributed by atoms with Crippen molar-refractivity contribution in [2.45, 2.75) is 4.83 Å². The molecule has 0 bridgehead atoms. The summed E-state index contributed by atoms with van der Waals surface area (Å²) in [4.78, 5) is 0.0204. The first-order chi connectivity index (χ1) is 9.19. The zero-order valence-electron chi connectivity index (χ0n) is 10.7. The summed E-state index contributed by atoms with van der Waals surface area (Å²) in [5.74, 6) is 1.24. The highest BCUT2D eigenvalue weighted by Crippen LogP contribution is 2.43. The molecule has 1 atom stereocenters. The van der Waals surface area contributed by atoms with Crippen LogP contribution in [0.2, 0.25) is 5.02 Å². The molecule has 2 aromatic rings. The molecule has 2 nitrogen and oxygen atoms in total. The van der Waals surface area contributed by atoms with Gasteiger partial charge in [-0.25, -0.2) is 0 Å². The third kappa shape index (κ3) is 2.88. The van der Waals surface area contributed by atoms with Gasteiger partial charge in [0.25, 0.3) is 0 Å². The van der Waals surface area contributed by atoms with Gasteiger partial charge in [0.05, 0.1) is 19.0 Å². The van der Waals surface area contributed by atoms with Crippen LogP contribution in [0.5, 0.6) is 11.5 Å². The first kappa shape index (κ1) is 14.2. The highest BCUT2D eigenvalue weighted by molar-refractivity contribution is 9.09. The summed E-state index contributed by atoms with van der Waals surface area (Å²) < 4.78 is 10.6. The molecule has 2 aromatic carbocycles. The molecule has 0 fully saturated rings. The maximum atomic E-state index is 6.27. The molecule has 100 valence electrons. The zero-order chi connectivity index (χ0) is 13.8. The smallest absolute Gasteiger partial charge is 0.145 e. The Kier molecular flexibility index (Phi) is 4.72. The lowest BCUT2D eigenvalue weighted by Crippen LogP contribution is -1.99. The molecule has 19 heavy (non-hydrogen) atoms. The fourth-order valence-electron chi connectivity index (χ4n) is 1.92. The average Bonchev–Trinajstić information content (AvgIpc) is 2.47. The zero-order valence-corrected chi connectivity index (χ0v) is 13.0. The Hall–Kier alpha value is -1.19. The molecule has 0 aliphatic rings. The van der Waals surface area contributed by atoms with Crippen LogP contribution in [0.1, 0.15) is 16.0 Å². The predicted molar refractivity (Wildman–Crippen MR) is 81.8 cm³/mol. The summed E-state index contributed by atoms with van der Waals surface area (Å²) in [5.41, 5.74) is 2.11. The number of alkyl halides is 1. The van der Waals surface area contributed by atoms with Crippen LogP contribution in [-0.2, 0) is 0 Å². The topological polar surface area (TPSA) is 18.5 Å². The molecule has 0 saturated carbocycles. The van der Waals surface area contributed by atoms with Crippen molar-refractivity contribution in [1.82, 2.24) is 0 Å². The largest absolute Gasteiger partial charge is 0.495 e. The van der Waals surface area contributed by atoms with E-state index in [4.69, 9.17) is 21.1 Å². The molecular formula is C15H14BrClO2. The van der Waals surface area contributed by atoms with Crippen molar-refractivity contribution in [3.05, 3.63) is 58.6 Å². The molecule has 0 aromatic heterocycles. The van der Waals surface area contributed by atoms with Crippen molar-refractivity contribution in [2.75, 3.05) is 14.2 Å². The Balaban J connectivity index is 2.48. The Bertz CT molecular complexity index is 558. The van der Waals surface area contributed by atoms with Crippen molar-refractivity contribution in [3.8, 4) is 11.5 Å². The van der Waals surface area contributed by atoms with Gasteiger partial charge in [-0.05, 0) is 11.6 Å². The standard InChI is InChI=1S/C15H14BrClO2/c1-18-12-9-8-11(15(19-2)14(12)17)13(16)10-6-4-3-5-7-10/h3-9,13H,1-2H3. The summed E-state index contributed by atoms with van der Waals surface area (Å²) >= 11 is 9.96. The minimum atomic E-state index is 0.0204. The highest BCUT2D eigenvalue weighted by Gasteiger charge is 2.19. The second-order valence-corrected chi connectivity index (χ2v) is 5.27. The fourth-order valence-corrected chi connectivity index (χ4v) is 2.91. The lowest BCUT2D eigenvalue weighted by molar-refractivity contribution is 0.392. The molecule has 4 heteroatoms. The molecule has 0 radical (unpaired) electrons. The maximum absolute atomic E-state index is 6.27. The van der Waals surface area contributed by atoms with Gasteiger partial charge in [-0.2, -0.15) is 0 Å². The van der Waals surface area contributed by atoms with Crippen LogP contribution in [0, 0.1) is 0 Å². The van der Waals surface area contributed by atoms with E-state index in [-0.39, 0.29) is 4.83 Å². The van der Waals surface area contributed by atoms with Crippen LogP contribution < -0.4 is 9.47 Å². The number of halogens is 2. The van der Waals surface area contributed by atoms with E-state index in [1.165, 1.54) is 0 Å². The van der Waals surface area contributed by atoms with E-state index in [0.29, 0.717) is 16.5 Å². The van der Waals surface area contributed by atoms with Crippen molar-refractivity contribution in [2.24, 2.45) is 0 Å². The lowest BCUT2D eigenvalue weighted by atomic mass is 10.0. The van der Waals surface area contributed by atoms with Crippen LogP contribution in [-0.4, -0.2) is 14.2 Å². The van der Waals surface area contributed by atoms with Crippen molar-refractivity contribution >= 4 is 27.5 Å². The number of ether oxygens (including phenoxy) is 2. The fraction of sp³-hybridized carbons (Fsp3) is 0.200. The predicted octanol–water partition coefficient (Wildman–Crippen LogP) is 4.84. The SMILES string of the molecule is COc1ccc(C(Br)c2ccccc2)c(OC)c1Cl. The summed E-state index contributed by atoms with van der Waals surface area (Å²) in [6.45, 7) is 0. The van der Waals surface area contributed by atoms with Crippen LogP contribution in [0.4, 0.5) is 0 Å². The van der Waals surface area contributed by atoms with Gasteiger partial charge in [0, 0.05) is 5.56 Å². The normalized spacial score (nSPS) is 12.0. The third-order valence-corrected chi connectivity index (χ3v) is 4.26. The monoisotopic (exact) mass is 340 g/mol. The number of hydrogen-bond donors (Lipinski definition) is 0. The quantitative estimate of drug-likeness (QED) is 0.741. The lowest BCUT2D eigenvalue weighted by Gasteiger charge is -2.17. The molecule has 0 spiro atoms. The number of benzene rings is 2. The molecular weight excluding hydrogens is 328 g/mol. The van der Waals surface area contributed by atoms with Gasteiger partial charge in [0.15, 0.2) is 0 Å². The average molecular weight is 342 g/mol. The molecule has 0 aliphatic heterocycles.